The van der Waals surface area contributed by atoms with Gasteiger partial charge >= 0.3 is 6.03 Å². The van der Waals surface area contributed by atoms with E-state index in [1.165, 1.54) is 37.2 Å². The molecule has 5 rings (SSSR count). The van der Waals surface area contributed by atoms with Crippen LogP contribution in [0.15, 0.2) is 73.1 Å². The lowest BCUT2D eigenvalue weighted by Gasteiger charge is -2.13. The molecular formula is C27H22FN5O5. The van der Waals surface area contributed by atoms with Crippen molar-refractivity contribution >= 4 is 39.4 Å². The zero-order valence-electron chi connectivity index (χ0n) is 20.4. The second kappa shape index (κ2) is 10.4. The highest BCUT2D eigenvalue weighted by molar-refractivity contribution is 6.01. The van der Waals surface area contributed by atoms with Crippen molar-refractivity contribution in [3.05, 3.63) is 78.9 Å². The average Bonchev–Trinajstić information content (AvgIpc) is 3.32. The second-order valence-corrected chi connectivity index (χ2v) is 8.14. The van der Waals surface area contributed by atoms with Crippen LogP contribution in [0.5, 0.6) is 23.0 Å². The Bertz CT molecular complexity index is 1670. The van der Waals surface area contributed by atoms with Crippen molar-refractivity contribution in [2.24, 2.45) is 0 Å². The van der Waals surface area contributed by atoms with Gasteiger partial charge in [0, 0.05) is 34.8 Å². The van der Waals surface area contributed by atoms with Gasteiger partial charge in [-0.1, -0.05) is 18.2 Å². The second-order valence-electron chi connectivity index (χ2n) is 8.14. The molecule has 0 saturated carbocycles. The van der Waals surface area contributed by atoms with Crippen LogP contribution in [0.3, 0.4) is 0 Å². The maximum Gasteiger partial charge on any atom is 0.325 e. The monoisotopic (exact) mass is 515 g/mol. The summed E-state index contributed by atoms with van der Waals surface area (Å²) in [5.74, 6) is -0.0407. The van der Waals surface area contributed by atoms with Crippen molar-refractivity contribution in [1.29, 1.82) is 0 Å². The van der Waals surface area contributed by atoms with E-state index in [-0.39, 0.29) is 18.0 Å². The fourth-order valence-electron chi connectivity index (χ4n) is 3.93. The number of nitrogens with one attached hydrogen (secondary N) is 2. The number of halogens is 1. The summed E-state index contributed by atoms with van der Waals surface area (Å²) in [6.07, 6.45) is 3.17. The predicted octanol–water partition coefficient (Wildman–Crippen LogP) is 4.88. The number of ether oxygens (including phenoxy) is 3. The molecule has 0 atom stereocenters. The van der Waals surface area contributed by atoms with Crippen LogP contribution >= 0.6 is 0 Å². The molecule has 0 aliphatic heterocycles. The number of amides is 3. The number of carbonyl (C=O) groups excluding carboxylic acids is 2. The Kier molecular flexibility index (Phi) is 6.72. The van der Waals surface area contributed by atoms with Gasteiger partial charge in [0.1, 0.15) is 12.3 Å². The first-order valence-electron chi connectivity index (χ1n) is 11.4. The highest BCUT2D eigenvalue weighted by Gasteiger charge is 2.15. The maximum atomic E-state index is 14.9. The molecule has 2 aromatic heterocycles. The van der Waals surface area contributed by atoms with Crippen LogP contribution in [-0.2, 0) is 11.3 Å². The van der Waals surface area contributed by atoms with Crippen LogP contribution in [0.1, 0.15) is 0 Å². The van der Waals surface area contributed by atoms with Gasteiger partial charge in [-0.3, -0.25) is 19.8 Å². The quantitative estimate of drug-likeness (QED) is 0.317. The van der Waals surface area contributed by atoms with Gasteiger partial charge in [0.15, 0.2) is 23.1 Å². The Morgan fingerprint density at radius 2 is 1.74 bits per heavy atom. The van der Waals surface area contributed by atoms with Gasteiger partial charge in [0.2, 0.25) is 5.91 Å². The van der Waals surface area contributed by atoms with Gasteiger partial charge < -0.3 is 19.5 Å². The molecule has 0 aliphatic carbocycles. The number of para-hydroxylation sites is 1. The van der Waals surface area contributed by atoms with Gasteiger partial charge in [-0.2, -0.15) is 5.10 Å². The van der Waals surface area contributed by atoms with Crippen LogP contribution in [0, 0.1) is 5.82 Å². The third kappa shape index (κ3) is 5.03. The van der Waals surface area contributed by atoms with Crippen molar-refractivity contribution in [2.45, 2.75) is 6.54 Å². The molecule has 0 aliphatic rings. The molecule has 3 aromatic carbocycles. The van der Waals surface area contributed by atoms with Crippen molar-refractivity contribution < 1.29 is 28.2 Å². The summed E-state index contributed by atoms with van der Waals surface area (Å²) < 4.78 is 32.8. The lowest BCUT2D eigenvalue weighted by atomic mass is 10.2. The van der Waals surface area contributed by atoms with Gasteiger partial charge in [-0.15, -0.1) is 0 Å². The first-order chi connectivity index (χ1) is 18.4. The third-order valence-corrected chi connectivity index (χ3v) is 5.71. The molecule has 38 heavy (non-hydrogen) atoms. The Morgan fingerprint density at radius 3 is 2.53 bits per heavy atom. The number of hydrogen-bond donors (Lipinski definition) is 2. The fraction of sp³-hybridized carbons (Fsp3) is 0.111. The molecule has 0 radical (unpaired) electrons. The normalized spacial score (nSPS) is 10.8. The van der Waals surface area contributed by atoms with E-state index in [4.69, 9.17) is 14.2 Å². The number of benzene rings is 3. The number of nitrogens with zero attached hydrogens (tertiary/aromatic N) is 3. The molecule has 0 fully saturated rings. The van der Waals surface area contributed by atoms with Crippen molar-refractivity contribution in [1.82, 2.24) is 20.1 Å². The van der Waals surface area contributed by atoms with E-state index in [1.54, 1.807) is 24.4 Å². The van der Waals surface area contributed by atoms with Crippen LogP contribution in [-0.4, -0.2) is 40.9 Å². The molecule has 0 spiro atoms. The first-order valence-corrected chi connectivity index (χ1v) is 11.4. The van der Waals surface area contributed by atoms with Crippen LogP contribution < -0.4 is 24.8 Å². The Labute approximate surface area is 215 Å². The number of imide groups is 1. The van der Waals surface area contributed by atoms with Crippen molar-refractivity contribution in [3.8, 4) is 23.0 Å². The van der Waals surface area contributed by atoms with Gasteiger partial charge in [0.05, 0.1) is 31.4 Å². The number of carbonyl (C=O) groups is 2. The lowest BCUT2D eigenvalue weighted by Crippen LogP contribution is -2.36. The largest absolute Gasteiger partial charge is 0.493 e. The predicted molar refractivity (Wildman–Crippen MR) is 138 cm³/mol. The van der Waals surface area contributed by atoms with Crippen molar-refractivity contribution in [2.75, 3.05) is 19.5 Å². The van der Waals surface area contributed by atoms with Gasteiger partial charge in [-0.05, 0) is 30.3 Å². The molecule has 11 heteroatoms. The molecule has 2 N–H and O–H groups in total. The molecule has 0 unspecified atom stereocenters. The summed E-state index contributed by atoms with van der Waals surface area (Å²) in [7, 11) is 3.03. The van der Waals surface area contributed by atoms with Gasteiger partial charge in [0.25, 0.3) is 0 Å². The summed E-state index contributed by atoms with van der Waals surface area (Å²) in [4.78, 5) is 28.9. The fourth-order valence-corrected chi connectivity index (χ4v) is 3.93. The smallest absolute Gasteiger partial charge is 0.325 e. The highest BCUT2D eigenvalue weighted by Crippen LogP contribution is 2.37. The Hall–Kier alpha value is -5.19. The number of fused-ring (bicyclic) bond motifs is 2. The molecule has 3 amide bonds. The number of methoxy groups -OCH3 is 2. The molecule has 5 aromatic rings. The maximum absolute atomic E-state index is 14.9. The lowest BCUT2D eigenvalue weighted by molar-refractivity contribution is -0.120. The zero-order valence-corrected chi connectivity index (χ0v) is 20.4. The van der Waals surface area contributed by atoms with Crippen LogP contribution in [0.4, 0.5) is 14.9 Å². The SMILES string of the molecule is COc1cc2nccc(Oc3ccc(NC(=O)NC(=O)Cn4ncc5ccccc54)cc3F)c2cc1OC. The minimum Gasteiger partial charge on any atom is -0.493 e. The first kappa shape index (κ1) is 24.5. The number of hydrogen-bond acceptors (Lipinski definition) is 7. The Balaban J connectivity index is 1.26. The average molecular weight is 516 g/mol. The summed E-state index contributed by atoms with van der Waals surface area (Å²) >= 11 is 0. The van der Waals surface area contributed by atoms with E-state index >= 15 is 0 Å². The molecule has 10 nitrogen and oxygen atoms in total. The van der Waals surface area contributed by atoms with Crippen LogP contribution in [0.25, 0.3) is 21.8 Å². The summed E-state index contributed by atoms with van der Waals surface area (Å²) in [5.41, 5.74) is 1.47. The molecule has 0 bridgehead atoms. The number of rotatable bonds is 7. The number of pyridine rings is 1. The molecule has 0 saturated heterocycles. The standard InChI is InChI=1S/C27H22FN5O5/c1-36-24-12-18-20(13-25(24)37-2)29-10-9-22(18)38-23-8-7-17(11-19(23)28)31-27(35)32-26(34)15-33-21-6-4-3-5-16(21)14-30-33/h3-14H,15H2,1-2H3,(H2,31,32,34,35). The third-order valence-electron chi connectivity index (χ3n) is 5.71. The van der Waals surface area contributed by atoms with E-state index in [2.05, 4.69) is 20.7 Å². The zero-order chi connectivity index (χ0) is 26.6. The van der Waals surface area contributed by atoms with E-state index in [9.17, 15) is 14.0 Å². The van der Waals surface area contributed by atoms with E-state index < -0.39 is 17.8 Å². The van der Waals surface area contributed by atoms with E-state index in [0.29, 0.717) is 28.2 Å². The minimum atomic E-state index is -0.805. The Morgan fingerprint density at radius 1 is 0.947 bits per heavy atom. The van der Waals surface area contributed by atoms with Crippen LogP contribution in [0.2, 0.25) is 0 Å². The highest BCUT2D eigenvalue weighted by atomic mass is 19.1. The van der Waals surface area contributed by atoms with E-state index in [1.807, 2.05) is 24.3 Å². The van der Waals surface area contributed by atoms with Gasteiger partial charge in [-0.25, -0.2) is 9.18 Å². The minimum absolute atomic E-state index is 0.0696. The summed E-state index contributed by atoms with van der Waals surface area (Å²) in [5, 5.41) is 10.3. The summed E-state index contributed by atoms with van der Waals surface area (Å²) in [6, 6.07) is 15.5. The van der Waals surface area contributed by atoms with Crippen molar-refractivity contribution in [3.63, 3.8) is 0 Å². The molecule has 192 valence electrons. The molecule has 2 heterocycles. The van der Waals surface area contributed by atoms with E-state index in [0.717, 1.165) is 17.0 Å². The summed E-state index contributed by atoms with van der Waals surface area (Å²) in [6.45, 7) is -0.154. The number of urea groups is 1. The molecular weight excluding hydrogens is 493 g/mol. The number of anilines is 1. The topological polar surface area (TPSA) is 117 Å². The number of aromatic nitrogens is 3.